The molecule has 0 bridgehead atoms. The van der Waals surface area contributed by atoms with Gasteiger partial charge in [0, 0.05) is 18.3 Å². The first-order valence-electron chi connectivity index (χ1n) is 6.55. The summed E-state index contributed by atoms with van der Waals surface area (Å²) in [5, 5.41) is 0. The number of hydrogen-bond donors (Lipinski definition) is 1. The number of aryl methyl sites for hydroxylation is 1. The molecule has 3 rings (SSSR count). The van der Waals surface area contributed by atoms with Crippen LogP contribution in [0.5, 0.6) is 5.75 Å². The summed E-state index contributed by atoms with van der Waals surface area (Å²) in [5.41, 5.74) is 11.0. The quantitative estimate of drug-likeness (QED) is 0.794. The third-order valence-corrected chi connectivity index (χ3v) is 3.42. The van der Waals surface area contributed by atoms with Crippen LogP contribution in [0.3, 0.4) is 0 Å². The van der Waals surface area contributed by atoms with E-state index in [-0.39, 0.29) is 0 Å². The maximum absolute atomic E-state index is 5.92. The lowest BCUT2D eigenvalue weighted by atomic mass is 10.1. The molecule has 0 spiro atoms. The van der Waals surface area contributed by atoms with E-state index >= 15 is 0 Å². The minimum Gasteiger partial charge on any atom is -0.497 e. The fraction of sp³-hybridized carbons (Fsp3) is 0.188. The molecule has 4 nitrogen and oxygen atoms in total. The van der Waals surface area contributed by atoms with Crippen molar-refractivity contribution in [3.05, 3.63) is 53.9 Å². The highest BCUT2D eigenvalue weighted by atomic mass is 16.5. The molecule has 102 valence electrons. The van der Waals surface area contributed by atoms with Crippen molar-refractivity contribution in [2.45, 2.75) is 13.5 Å². The summed E-state index contributed by atoms with van der Waals surface area (Å²) in [6.45, 7) is 2.51. The van der Waals surface area contributed by atoms with Crippen LogP contribution in [0.4, 0.5) is 0 Å². The van der Waals surface area contributed by atoms with Crippen molar-refractivity contribution in [3.8, 4) is 17.0 Å². The standard InChI is InChI=1S/C16H17N3O/c1-11-3-8-15-18-16(14(9-17)19(15)10-11)12-4-6-13(20-2)7-5-12/h3-8,10H,9,17H2,1-2H3. The molecule has 4 heteroatoms. The Bertz CT molecular complexity index is 744. The maximum Gasteiger partial charge on any atom is 0.137 e. The molecule has 0 fully saturated rings. The summed E-state index contributed by atoms with van der Waals surface area (Å²) >= 11 is 0. The molecule has 0 aliphatic rings. The van der Waals surface area contributed by atoms with E-state index in [9.17, 15) is 0 Å². The van der Waals surface area contributed by atoms with Gasteiger partial charge in [0.25, 0.3) is 0 Å². The van der Waals surface area contributed by atoms with Crippen LogP contribution in [-0.4, -0.2) is 16.5 Å². The Morgan fingerprint density at radius 2 is 1.90 bits per heavy atom. The van der Waals surface area contributed by atoms with E-state index in [4.69, 9.17) is 15.5 Å². The number of fused-ring (bicyclic) bond motifs is 1. The zero-order chi connectivity index (χ0) is 14.1. The van der Waals surface area contributed by atoms with Crippen molar-refractivity contribution in [2.75, 3.05) is 7.11 Å². The normalized spacial score (nSPS) is 10.9. The summed E-state index contributed by atoms with van der Waals surface area (Å²) in [6, 6.07) is 12.0. The Balaban J connectivity index is 2.19. The highest BCUT2D eigenvalue weighted by molar-refractivity contribution is 5.67. The molecule has 0 aliphatic heterocycles. The number of hydrogen-bond acceptors (Lipinski definition) is 3. The van der Waals surface area contributed by atoms with Gasteiger partial charge in [-0.3, -0.25) is 0 Å². The highest BCUT2D eigenvalue weighted by Gasteiger charge is 2.12. The second kappa shape index (κ2) is 4.98. The van der Waals surface area contributed by atoms with E-state index in [1.165, 1.54) is 5.56 Å². The van der Waals surface area contributed by atoms with Gasteiger partial charge in [0.05, 0.1) is 18.5 Å². The van der Waals surface area contributed by atoms with Crippen LogP contribution in [0.2, 0.25) is 0 Å². The Labute approximate surface area is 117 Å². The molecule has 0 aliphatic carbocycles. The SMILES string of the molecule is COc1ccc(-c2nc3ccc(C)cn3c2CN)cc1. The lowest BCUT2D eigenvalue weighted by Crippen LogP contribution is -2.02. The van der Waals surface area contributed by atoms with E-state index in [1.807, 2.05) is 30.3 Å². The van der Waals surface area contributed by atoms with Crippen molar-refractivity contribution >= 4 is 5.65 Å². The number of ether oxygens (including phenoxy) is 1. The van der Waals surface area contributed by atoms with Crippen molar-refractivity contribution in [3.63, 3.8) is 0 Å². The number of nitrogens with two attached hydrogens (primary N) is 1. The van der Waals surface area contributed by atoms with Crippen molar-refractivity contribution in [1.29, 1.82) is 0 Å². The van der Waals surface area contributed by atoms with E-state index in [0.717, 1.165) is 28.3 Å². The van der Waals surface area contributed by atoms with Gasteiger partial charge in [0.2, 0.25) is 0 Å². The molecule has 0 radical (unpaired) electrons. The average molecular weight is 267 g/mol. The largest absolute Gasteiger partial charge is 0.497 e. The van der Waals surface area contributed by atoms with Gasteiger partial charge in [-0.15, -0.1) is 0 Å². The highest BCUT2D eigenvalue weighted by Crippen LogP contribution is 2.26. The molecule has 2 aromatic heterocycles. The lowest BCUT2D eigenvalue weighted by molar-refractivity contribution is 0.415. The third kappa shape index (κ3) is 2.04. The number of methoxy groups -OCH3 is 1. The monoisotopic (exact) mass is 267 g/mol. The number of pyridine rings is 1. The average Bonchev–Trinajstić information content (AvgIpc) is 2.85. The third-order valence-electron chi connectivity index (χ3n) is 3.42. The summed E-state index contributed by atoms with van der Waals surface area (Å²) < 4.78 is 7.25. The second-order valence-corrected chi connectivity index (χ2v) is 4.77. The Morgan fingerprint density at radius 1 is 1.15 bits per heavy atom. The minimum atomic E-state index is 0.450. The Hall–Kier alpha value is -2.33. The number of aromatic nitrogens is 2. The zero-order valence-electron chi connectivity index (χ0n) is 11.6. The number of nitrogens with zero attached hydrogens (tertiary/aromatic N) is 2. The maximum atomic E-state index is 5.92. The van der Waals surface area contributed by atoms with E-state index < -0.39 is 0 Å². The molecule has 0 unspecified atom stereocenters. The second-order valence-electron chi connectivity index (χ2n) is 4.77. The molecule has 1 aromatic carbocycles. The molecule has 0 amide bonds. The summed E-state index contributed by atoms with van der Waals surface area (Å²) in [5.74, 6) is 0.836. The molecular formula is C16H17N3O. The van der Waals surface area contributed by atoms with Crippen LogP contribution in [-0.2, 0) is 6.54 Å². The summed E-state index contributed by atoms with van der Waals surface area (Å²) in [7, 11) is 1.66. The van der Waals surface area contributed by atoms with Crippen LogP contribution in [0.15, 0.2) is 42.6 Å². The topological polar surface area (TPSA) is 52.5 Å². The predicted octanol–water partition coefficient (Wildman–Crippen LogP) is 2.78. The predicted molar refractivity (Wildman–Crippen MR) is 79.8 cm³/mol. The first-order valence-corrected chi connectivity index (χ1v) is 6.55. The van der Waals surface area contributed by atoms with Crippen molar-refractivity contribution in [2.24, 2.45) is 5.73 Å². The summed E-state index contributed by atoms with van der Waals surface area (Å²) in [4.78, 5) is 4.69. The number of rotatable bonds is 3. The van der Waals surface area contributed by atoms with Gasteiger partial charge < -0.3 is 14.9 Å². The molecule has 20 heavy (non-hydrogen) atoms. The van der Waals surface area contributed by atoms with Gasteiger partial charge >= 0.3 is 0 Å². The molecule has 0 atom stereocenters. The van der Waals surface area contributed by atoms with Gasteiger partial charge in [-0.1, -0.05) is 6.07 Å². The minimum absolute atomic E-state index is 0.450. The molecule has 2 heterocycles. The first kappa shape index (κ1) is 12.7. The fourth-order valence-electron chi connectivity index (χ4n) is 2.37. The van der Waals surface area contributed by atoms with Crippen LogP contribution in [0.1, 0.15) is 11.3 Å². The van der Waals surface area contributed by atoms with Crippen molar-refractivity contribution < 1.29 is 4.74 Å². The van der Waals surface area contributed by atoms with Crippen LogP contribution >= 0.6 is 0 Å². The van der Waals surface area contributed by atoms with Gasteiger partial charge in [-0.2, -0.15) is 0 Å². The fourth-order valence-corrected chi connectivity index (χ4v) is 2.37. The summed E-state index contributed by atoms with van der Waals surface area (Å²) in [6.07, 6.45) is 2.07. The molecule has 3 aromatic rings. The first-order chi connectivity index (χ1) is 9.72. The van der Waals surface area contributed by atoms with Crippen LogP contribution in [0.25, 0.3) is 16.9 Å². The van der Waals surface area contributed by atoms with Gasteiger partial charge in [-0.25, -0.2) is 4.98 Å². The Kier molecular flexibility index (Phi) is 3.16. The van der Waals surface area contributed by atoms with Crippen LogP contribution < -0.4 is 10.5 Å². The zero-order valence-corrected chi connectivity index (χ0v) is 11.6. The van der Waals surface area contributed by atoms with E-state index in [2.05, 4.69) is 23.6 Å². The van der Waals surface area contributed by atoms with Gasteiger partial charge in [0.1, 0.15) is 11.4 Å². The Morgan fingerprint density at radius 3 is 2.55 bits per heavy atom. The van der Waals surface area contributed by atoms with E-state index in [1.54, 1.807) is 7.11 Å². The van der Waals surface area contributed by atoms with Crippen LogP contribution in [0, 0.1) is 6.92 Å². The molecule has 0 saturated heterocycles. The molecule has 0 saturated carbocycles. The van der Waals surface area contributed by atoms with Crippen molar-refractivity contribution in [1.82, 2.24) is 9.38 Å². The van der Waals surface area contributed by atoms with Gasteiger partial charge in [0.15, 0.2) is 0 Å². The molecular weight excluding hydrogens is 250 g/mol. The smallest absolute Gasteiger partial charge is 0.137 e. The number of imidazole rings is 1. The van der Waals surface area contributed by atoms with Gasteiger partial charge in [-0.05, 0) is 42.8 Å². The van der Waals surface area contributed by atoms with E-state index in [0.29, 0.717) is 6.54 Å². The number of benzene rings is 1. The lowest BCUT2D eigenvalue weighted by Gasteiger charge is -2.04. The molecule has 2 N–H and O–H groups in total.